The van der Waals surface area contributed by atoms with Crippen molar-refractivity contribution in [1.29, 1.82) is 0 Å². The number of nitrogens with two attached hydrogens (primary N) is 1. The molecule has 1 saturated heterocycles. The highest BCUT2D eigenvalue weighted by Gasteiger charge is 2.33. The summed E-state index contributed by atoms with van der Waals surface area (Å²) in [6.45, 7) is 4.35. The van der Waals surface area contributed by atoms with Crippen molar-refractivity contribution in [3.63, 3.8) is 0 Å². The highest BCUT2D eigenvalue weighted by atomic mass is 15.4. The van der Waals surface area contributed by atoms with Crippen LogP contribution in [0.2, 0.25) is 0 Å². The van der Waals surface area contributed by atoms with E-state index in [2.05, 4.69) is 41.2 Å². The maximum Gasteiger partial charge on any atom is 0.208 e. The third-order valence-corrected chi connectivity index (χ3v) is 3.52. The summed E-state index contributed by atoms with van der Waals surface area (Å²) in [5, 5.41) is 0. The van der Waals surface area contributed by atoms with Gasteiger partial charge in [0.15, 0.2) is 0 Å². The number of nitrogens with zero attached hydrogens (tertiary/aromatic N) is 3. The van der Waals surface area contributed by atoms with Gasteiger partial charge in [0.1, 0.15) is 0 Å². The second-order valence-corrected chi connectivity index (χ2v) is 5.24. The maximum absolute atomic E-state index is 5.56. The number of hydrogen-bond acceptors (Lipinski definition) is 3. The van der Waals surface area contributed by atoms with E-state index in [4.69, 9.17) is 5.84 Å². The Kier molecular flexibility index (Phi) is 3.35. The summed E-state index contributed by atoms with van der Waals surface area (Å²) in [5.74, 6) is 7.09. The molecule has 5 heteroatoms. The molecule has 0 amide bonds. The van der Waals surface area contributed by atoms with Gasteiger partial charge in [-0.15, -0.1) is 0 Å². The first kappa shape index (κ1) is 11.7. The lowest BCUT2D eigenvalue weighted by Crippen LogP contribution is -2.45. The Bertz CT molecular complexity index is 272. The molecule has 0 bridgehead atoms. The van der Waals surface area contributed by atoms with Gasteiger partial charge in [-0.05, 0) is 32.9 Å². The third-order valence-electron chi connectivity index (χ3n) is 3.52. The molecule has 0 aromatic rings. The van der Waals surface area contributed by atoms with Crippen LogP contribution in [-0.2, 0) is 0 Å². The molecule has 1 heterocycles. The summed E-state index contributed by atoms with van der Waals surface area (Å²) in [4.78, 5) is 9.16. The average Bonchev–Trinajstić information content (AvgIpc) is 2.97. The van der Waals surface area contributed by atoms with Crippen molar-refractivity contribution in [1.82, 2.24) is 15.2 Å². The minimum Gasteiger partial charge on any atom is -0.340 e. The average molecular weight is 225 g/mol. The van der Waals surface area contributed by atoms with E-state index in [-0.39, 0.29) is 0 Å². The first-order chi connectivity index (χ1) is 7.61. The topological polar surface area (TPSA) is 56.9 Å². The summed E-state index contributed by atoms with van der Waals surface area (Å²) in [5.41, 5.74) is 2.75. The zero-order chi connectivity index (χ0) is 11.7. The fraction of sp³-hybridized carbons (Fsp3) is 0.909. The van der Waals surface area contributed by atoms with E-state index < -0.39 is 0 Å². The Morgan fingerprint density at radius 3 is 2.50 bits per heavy atom. The molecule has 16 heavy (non-hydrogen) atoms. The predicted molar refractivity (Wildman–Crippen MR) is 66.0 cm³/mol. The number of nitrogens with one attached hydrogen (secondary N) is 1. The van der Waals surface area contributed by atoms with Crippen LogP contribution in [0.5, 0.6) is 0 Å². The minimum absolute atomic E-state index is 0.514. The van der Waals surface area contributed by atoms with E-state index in [0.29, 0.717) is 18.0 Å². The molecule has 2 aliphatic rings. The number of aliphatic imine (C=N–C) groups is 1. The van der Waals surface area contributed by atoms with Crippen LogP contribution in [0.3, 0.4) is 0 Å². The molecule has 0 aromatic carbocycles. The van der Waals surface area contributed by atoms with Crippen molar-refractivity contribution in [2.75, 3.05) is 27.2 Å². The van der Waals surface area contributed by atoms with Crippen LogP contribution in [0.15, 0.2) is 4.99 Å². The van der Waals surface area contributed by atoms with E-state index in [0.717, 1.165) is 19.0 Å². The molecule has 2 fully saturated rings. The summed E-state index contributed by atoms with van der Waals surface area (Å²) >= 11 is 0. The lowest BCUT2D eigenvalue weighted by atomic mass is 10.1. The first-order valence-corrected chi connectivity index (χ1v) is 6.07. The molecule has 1 saturated carbocycles. The molecular weight excluding hydrogens is 202 g/mol. The molecule has 2 rings (SSSR count). The monoisotopic (exact) mass is 225 g/mol. The second-order valence-electron chi connectivity index (χ2n) is 5.24. The molecular formula is C11H23N5. The zero-order valence-corrected chi connectivity index (χ0v) is 10.5. The van der Waals surface area contributed by atoms with E-state index in [1.165, 1.54) is 12.8 Å². The van der Waals surface area contributed by atoms with Gasteiger partial charge in [-0.25, -0.2) is 10.8 Å². The molecule has 0 radical (unpaired) electrons. The molecule has 2 unspecified atom stereocenters. The van der Waals surface area contributed by atoms with Crippen molar-refractivity contribution in [2.45, 2.75) is 31.8 Å². The van der Waals surface area contributed by atoms with Gasteiger partial charge in [-0.1, -0.05) is 6.92 Å². The standard InChI is InChI=1S/C11H23N5/c1-8-6-16(7-10(8)15(2)3)11(14-12)13-9-4-5-9/h8-10H,4-7,12H2,1-3H3,(H,13,14). The molecule has 92 valence electrons. The van der Waals surface area contributed by atoms with Crippen LogP contribution in [-0.4, -0.2) is 55.0 Å². The van der Waals surface area contributed by atoms with Crippen molar-refractivity contribution in [2.24, 2.45) is 16.8 Å². The van der Waals surface area contributed by atoms with E-state index >= 15 is 0 Å². The second kappa shape index (κ2) is 4.59. The van der Waals surface area contributed by atoms with Gasteiger partial charge in [-0.2, -0.15) is 0 Å². The van der Waals surface area contributed by atoms with Crippen LogP contribution in [0.1, 0.15) is 19.8 Å². The van der Waals surface area contributed by atoms with Crippen LogP contribution in [0, 0.1) is 5.92 Å². The van der Waals surface area contributed by atoms with Gasteiger partial charge in [0.2, 0.25) is 5.96 Å². The molecule has 0 aromatic heterocycles. The van der Waals surface area contributed by atoms with Gasteiger partial charge >= 0.3 is 0 Å². The summed E-state index contributed by atoms with van der Waals surface area (Å²) < 4.78 is 0. The van der Waals surface area contributed by atoms with Crippen LogP contribution in [0.4, 0.5) is 0 Å². The van der Waals surface area contributed by atoms with Crippen LogP contribution < -0.4 is 11.3 Å². The fourth-order valence-corrected chi connectivity index (χ4v) is 2.38. The largest absolute Gasteiger partial charge is 0.340 e. The molecule has 5 nitrogen and oxygen atoms in total. The minimum atomic E-state index is 0.514. The van der Waals surface area contributed by atoms with Crippen molar-refractivity contribution in [3.8, 4) is 0 Å². The summed E-state index contributed by atoms with van der Waals surface area (Å²) in [7, 11) is 4.27. The SMILES string of the molecule is CC1CN(C(=NC2CC2)NN)CC1N(C)C. The Labute approximate surface area is 97.7 Å². The molecule has 0 spiro atoms. The quantitative estimate of drug-likeness (QED) is 0.297. The number of likely N-dealkylation sites (N-methyl/N-ethyl adjacent to an activating group) is 1. The normalized spacial score (nSPS) is 31.3. The van der Waals surface area contributed by atoms with Crippen molar-refractivity contribution in [3.05, 3.63) is 0 Å². The van der Waals surface area contributed by atoms with E-state index in [1.54, 1.807) is 0 Å². The molecule has 1 aliphatic heterocycles. The number of hydrazine groups is 1. The fourth-order valence-electron chi connectivity index (χ4n) is 2.38. The van der Waals surface area contributed by atoms with Gasteiger partial charge in [-0.3, -0.25) is 5.43 Å². The molecule has 1 aliphatic carbocycles. The number of likely N-dealkylation sites (tertiary alicyclic amines) is 1. The van der Waals surface area contributed by atoms with Gasteiger partial charge < -0.3 is 9.80 Å². The van der Waals surface area contributed by atoms with Gasteiger partial charge in [0.05, 0.1) is 6.04 Å². The Morgan fingerprint density at radius 1 is 1.38 bits per heavy atom. The zero-order valence-electron chi connectivity index (χ0n) is 10.5. The lowest BCUT2D eigenvalue weighted by Gasteiger charge is -2.23. The number of hydrogen-bond donors (Lipinski definition) is 2. The number of guanidine groups is 1. The summed E-state index contributed by atoms with van der Waals surface area (Å²) in [6, 6.07) is 1.11. The van der Waals surface area contributed by atoms with Gasteiger partial charge in [0, 0.05) is 19.1 Å². The maximum atomic E-state index is 5.56. The van der Waals surface area contributed by atoms with Crippen LogP contribution in [0.25, 0.3) is 0 Å². The Hall–Kier alpha value is -0.810. The lowest BCUT2D eigenvalue weighted by molar-refractivity contribution is 0.262. The first-order valence-electron chi connectivity index (χ1n) is 6.07. The smallest absolute Gasteiger partial charge is 0.208 e. The highest BCUT2D eigenvalue weighted by molar-refractivity contribution is 5.80. The number of rotatable bonds is 2. The van der Waals surface area contributed by atoms with Gasteiger partial charge in [0.25, 0.3) is 0 Å². The van der Waals surface area contributed by atoms with Crippen molar-refractivity contribution < 1.29 is 0 Å². The third kappa shape index (κ3) is 2.47. The van der Waals surface area contributed by atoms with Crippen molar-refractivity contribution >= 4 is 5.96 Å². The van der Waals surface area contributed by atoms with Crippen LogP contribution >= 0.6 is 0 Å². The summed E-state index contributed by atoms with van der Waals surface area (Å²) in [6.07, 6.45) is 2.43. The van der Waals surface area contributed by atoms with E-state index in [9.17, 15) is 0 Å². The Morgan fingerprint density at radius 2 is 2.06 bits per heavy atom. The Balaban J connectivity index is 1.99. The predicted octanol–water partition coefficient (Wildman–Crippen LogP) is -0.150. The van der Waals surface area contributed by atoms with E-state index in [1.807, 2.05) is 0 Å². The molecule has 3 N–H and O–H groups in total. The molecule has 2 atom stereocenters. The highest BCUT2D eigenvalue weighted by Crippen LogP contribution is 2.25.